The highest BCUT2D eigenvalue weighted by atomic mass is 15.2. The molecule has 0 saturated heterocycles. The van der Waals surface area contributed by atoms with E-state index in [1.165, 1.54) is 19.3 Å². The Morgan fingerprint density at radius 2 is 2.28 bits per heavy atom. The van der Waals surface area contributed by atoms with Gasteiger partial charge in [-0.1, -0.05) is 19.4 Å². The summed E-state index contributed by atoms with van der Waals surface area (Å²) in [6, 6.07) is 6.23. The molecule has 1 saturated carbocycles. The van der Waals surface area contributed by atoms with Crippen LogP contribution in [0, 0.1) is 12.8 Å². The molecule has 100 valence electrons. The Morgan fingerprint density at radius 1 is 1.50 bits per heavy atom. The molecule has 18 heavy (non-hydrogen) atoms. The summed E-state index contributed by atoms with van der Waals surface area (Å²) in [7, 11) is 2.19. The molecule has 2 N–H and O–H groups in total. The summed E-state index contributed by atoms with van der Waals surface area (Å²) in [5, 5.41) is 0. The smallest absolute Gasteiger partial charge is 0.0547 e. The minimum atomic E-state index is 0.172. The molecule has 2 unspecified atom stereocenters. The van der Waals surface area contributed by atoms with E-state index in [1.807, 2.05) is 13.0 Å². The number of aryl methyl sites for hydroxylation is 1. The van der Waals surface area contributed by atoms with Gasteiger partial charge in [-0.05, 0) is 44.9 Å². The first kappa shape index (κ1) is 13.5. The molecular weight excluding hydrogens is 222 g/mol. The fourth-order valence-electron chi connectivity index (χ4n) is 3.34. The summed E-state index contributed by atoms with van der Waals surface area (Å²) in [5.74, 6) is 0.678. The molecule has 1 aliphatic carbocycles. The van der Waals surface area contributed by atoms with Crippen molar-refractivity contribution >= 4 is 0 Å². The maximum atomic E-state index is 6.08. The normalized spacial score (nSPS) is 27.9. The molecule has 0 bridgehead atoms. The minimum absolute atomic E-state index is 0.172. The van der Waals surface area contributed by atoms with E-state index in [2.05, 4.69) is 36.0 Å². The van der Waals surface area contributed by atoms with Crippen molar-refractivity contribution in [3.05, 3.63) is 29.6 Å². The van der Waals surface area contributed by atoms with Crippen LogP contribution in [0.1, 0.15) is 37.6 Å². The summed E-state index contributed by atoms with van der Waals surface area (Å²) in [6.45, 7) is 6.01. The van der Waals surface area contributed by atoms with Crippen molar-refractivity contribution < 1.29 is 0 Å². The maximum absolute atomic E-state index is 6.08. The van der Waals surface area contributed by atoms with Gasteiger partial charge in [0, 0.05) is 24.3 Å². The fourth-order valence-corrected chi connectivity index (χ4v) is 3.34. The van der Waals surface area contributed by atoms with Crippen molar-refractivity contribution in [2.45, 2.75) is 45.2 Å². The van der Waals surface area contributed by atoms with Crippen molar-refractivity contribution in [2.24, 2.45) is 11.7 Å². The number of pyridine rings is 1. The van der Waals surface area contributed by atoms with Crippen molar-refractivity contribution in [1.29, 1.82) is 0 Å². The van der Waals surface area contributed by atoms with Crippen LogP contribution >= 0.6 is 0 Å². The lowest BCUT2D eigenvalue weighted by molar-refractivity contribution is 0.0829. The van der Waals surface area contributed by atoms with E-state index in [0.717, 1.165) is 24.5 Å². The van der Waals surface area contributed by atoms with Crippen molar-refractivity contribution in [2.75, 3.05) is 13.6 Å². The molecule has 0 aromatic carbocycles. The first-order valence-corrected chi connectivity index (χ1v) is 6.92. The minimum Gasteiger partial charge on any atom is -0.329 e. The number of hydrogen-bond acceptors (Lipinski definition) is 3. The van der Waals surface area contributed by atoms with E-state index in [9.17, 15) is 0 Å². The molecule has 1 heterocycles. The molecule has 1 aromatic heterocycles. The molecule has 1 aliphatic rings. The van der Waals surface area contributed by atoms with Gasteiger partial charge < -0.3 is 5.73 Å². The molecule has 2 atom stereocenters. The Labute approximate surface area is 110 Å². The summed E-state index contributed by atoms with van der Waals surface area (Å²) < 4.78 is 0. The van der Waals surface area contributed by atoms with Crippen molar-refractivity contribution in [3.8, 4) is 0 Å². The van der Waals surface area contributed by atoms with Crippen LogP contribution in [-0.2, 0) is 6.54 Å². The summed E-state index contributed by atoms with van der Waals surface area (Å²) >= 11 is 0. The number of aromatic nitrogens is 1. The molecule has 2 rings (SSSR count). The van der Waals surface area contributed by atoms with E-state index in [4.69, 9.17) is 5.73 Å². The Bertz CT molecular complexity index is 404. The molecule has 1 fully saturated rings. The highest BCUT2D eigenvalue weighted by Crippen LogP contribution is 2.39. The lowest BCUT2D eigenvalue weighted by Gasteiger charge is -2.41. The number of nitrogens with zero attached hydrogens (tertiary/aromatic N) is 2. The highest BCUT2D eigenvalue weighted by Gasteiger charge is 2.42. The highest BCUT2D eigenvalue weighted by molar-refractivity contribution is 5.11. The molecule has 0 aliphatic heterocycles. The third-order valence-corrected chi connectivity index (χ3v) is 4.62. The van der Waals surface area contributed by atoms with Crippen LogP contribution < -0.4 is 5.73 Å². The summed E-state index contributed by atoms with van der Waals surface area (Å²) in [5.41, 5.74) is 8.48. The quantitative estimate of drug-likeness (QED) is 0.888. The van der Waals surface area contributed by atoms with E-state index in [1.54, 1.807) is 0 Å². The molecule has 3 nitrogen and oxygen atoms in total. The maximum Gasteiger partial charge on any atom is 0.0547 e. The van der Waals surface area contributed by atoms with E-state index in [-0.39, 0.29) is 5.54 Å². The second-order valence-corrected chi connectivity index (χ2v) is 5.73. The predicted octanol–water partition coefficient (Wildman–Crippen LogP) is 2.34. The van der Waals surface area contributed by atoms with Crippen LogP contribution in [-0.4, -0.2) is 29.0 Å². The van der Waals surface area contributed by atoms with Gasteiger partial charge in [0.1, 0.15) is 0 Å². The zero-order valence-electron chi connectivity index (χ0n) is 11.8. The lowest BCUT2D eigenvalue weighted by atomic mass is 9.86. The Kier molecular flexibility index (Phi) is 4.03. The lowest BCUT2D eigenvalue weighted by Crippen LogP contribution is -2.53. The van der Waals surface area contributed by atoms with Gasteiger partial charge in [-0.3, -0.25) is 9.88 Å². The van der Waals surface area contributed by atoms with Crippen LogP contribution in [0.4, 0.5) is 0 Å². The number of rotatable bonds is 4. The van der Waals surface area contributed by atoms with Gasteiger partial charge in [0.15, 0.2) is 0 Å². The second-order valence-electron chi connectivity index (χ2n) is 5.73. The van der Waals surface area contributed by atoms with Gasteiger partial charge in [0.25, 0.3) is 0 Å². The van der Waals surface area contributed by atoms with E-state index >= 15 is 0 Å². The fraction of sp³-hybridized carbons (Fsp3) is 0.667. The van der Waals surface area contributed by atoms with E-state index < -0.39 is 0 Å². The number of nitrogens with two attached hydrogens (primary N) is 1. The third kappa shape index (κ3) is 2.43. The van der Waals surface area contributed by atoms with Gasteiger partial charge in [-0.15, -0.1) is 0 Å². The molecule has 3 heteroatoms. The van der Waals surface area contributed by atoms with Crippen LogP contribution in [0.3, 0.4) is 0 Å². The summed E-state index contributed by atoms with van der Waals surface area (Å²) in [6.07, 6.45) is 3.81. The molecule has 1 aromatic rings. The van der Waals surface area contributed by atoms with Gasteiger partial charge in [-0.25, -0.2) is 0 Å². The average Bonchev–Trinajstić information content (AvgIpc) is 2.71. The van der Waals surface area contributed by atoms with Crippen molar-refractivity contribution in [1.82, 2.24) is 9.88 Å². The zero-order valence-corrected chi connectivity index (χ0v) is 11.8. The zero-order chi connectivity index (χ0) is 13.2. The summed E-state index contributed by atoms with van der Waals surface area (Å²) in [4.78, 5) is 7.02. The SMILES string of the molecule is Cc1cccc(CN(C)C2(CN)CCCC2C)n1. The number of hydrogen-bond donors (Lipinski definition) is 1. The van der Waals surface area contributed by atoms with E-state index in [0.29, 0.717) is 5.92 Å². The van der Waals surface area contributed by atoms with Gasteiger partial charge in [-0.2, -0.15) is 0 Å². The van der Waals surface area contributed by atoms with Gasteiger partial charge in [0.2, 0.25) is 0 Å². The average molecular weight is 247 g/mol. The molecule has 0 spiro atoms. The predicted molar refractivity (Wildman–Crippen MR) is 75.2 cm³/mol. The van der Waals surface area contributed by atoms with Crippen molar-refractivity contribution in [3.63, 3.8) is 0 Å². The number of likely N-dealkylation sites (N-methyl/N-ethyl adjacent to an activating group) is 1. The second kappa shape index (κ2) is 5.37. The van der Waals surface area contributed by atoms with Crippen LogP contribution in [0.2, 0.25) is 0 Å². The van der Waals surface area contributed by atoms with Gasteiger partial charge in [0.05, 0.1) is 5.69 Å². The molecule has 0 radical (unpaired) electrons. The Morgan fingerprint density at radius 3 is 2.83 bits per heavy atom. The van der Waals surface area contributed by atoms with Crippen LogP contribution in [0.15, 0.2) is 18.2 Å². The Balaban J connectivity index is 2.13. The molecular formula is C15H25N3. The van der Waals surface area contributed by atoms with Crippen LogP contribution in [0.5, 0.6) is 0 Å². The molecule has 0 amide bonds. The van der Waals surface area contributed by atoms with Crippen LogP contribution in [0.25, 0.3) is 0 Å². The topological polar surface area (TPSA) is 42.1 Å². The first-order chi connectivity index (χ1) is 8.58. The first-order valence-electron chi connectivity index (χ1n) is 6.92. The third-order valence-electron chi connectivity index (χ3n) is 4.62. The van der Waals surface area contributed by atoms with Gasteiger partial charge >= 0.3 is 0 Å². The monoisotopic (exact) mass is 247 g/mol. The Hall–Kier alpha value is -0.930. The standard InChI is InChI=1S/C15H25N3/c1-12-6-5-9-15(12,11-16)18(3)10-14-8-4-7-13(2)17-14/h4,7-8,12H,5-6,9-11,16H2,1-3H3. The largest absolute Gasteiger partial charge is 0.329 e.